The maximum atomic E-state index is 9.61. The Kier molecular flexibility index (Phi) is 4.93. The first-order valence-electron chi connectivity index (χ1n) is 7.61. The average Bonchev–Trinajstić information content (AvgIpc) is 3.19. The number of aromatic nitrogens is 1. The Morgan fingerprint density at radius 2 is 2.41 bits per heavy atom. The van der Waals surface area contributed by atoms with Gasteiger partial charge in [-0.15, -0.1) is 11.3 Å². The van der Waals surface area contributed by atoms with Crippen LogP contribution in [-0.4, -0.2) is 28.6 Å². The van der Waals surface area contributed by atoms with Gasteiger partial charge in [-0.05, 0) is 38.4 Å². The lowest BCUT2D eigenvalue weighted by Gasteiger charge is -2.21. The summed E-state index contributed by atoms with van der Waals surface area (Å²) < 4.78 is 11.0. The number of furan rings is 1. The summed E-state index contributed by atoms with van der Waals surface area (Å²) in [7, 11) is 1.67. The Hall–Kier alpha value is -1.21. The summed E-state index contributed by atoms with van der Waals surface area (Å²) in [5.41, 5.74) is 0. The van der Waals surface area contributed by atoms with E-state index in [0.29, 0.717) is 12.6 Å². The second-order valence-corrected chi connectivity index (χ2v) is 6.84. The van der Waals surface area contributed by atoms with Gasteiger partial charge in [-0.25, -0.2) is 4.98 Å². The number of thiazole rings is 1. The molecule has 0 radical (unpaired) electrons. The van der Waals surface area contributed by atoms with Gasteiger partial charge in [0.2, 0.25) is 0 Å². The molecular formula is C16H22N2O3S. The van der Waals surface area contributed by atoms with Crippen LogP contribution in [0.15, 0.2) is 22.7 Å². The molecule has 1 aliphatic heterocycles. The number of aliphatic hydroxyl groups excluding tert-OH is 1. The number of hydrogen-bond acceptors (Lipinski definition) is 6. The number of hydrogen-bond donors (Lipinski definition) is 1. The van der Waals surface area contributed by atoms with Crippen molar-refractivity contribution in [3.63, 3.8) is 0 Å². The summed E-state index contributed by atoms with van der Waals surface area (Å²) >= 11 is 1.58. The second-order valence-electron chi connectivity index (χ2n) is 5.70. The summed E-state index contributed by atoms with van der Waals surface area (Å²) in [5, 5.41) is 10.7. The number of nitrogens with zero attached hydrogens (tertiary/aromatic N) is 2. The predicted molar refractivity (Wildman–Crippen MR) is 84.6 cm³/mol. The zero-order valence-electron chi connectivity index (χ0n) is 13.0. The molecule has 2 atom stereocenters. The number of likely N-dealkylation sites (tertiary alicyclic amines) is 1. The van der Waals surface area contributed by atoms with Gasteiger partial charge >= 0.3 is 0 Å². The molecule has 1 fully saturated rings. The first-order chi connectivity index (χ1) is 10.7. The van der Waals surface area contributed by atoms with Crippen LogP contribution in [0.2, 0.25) is 0 Å². The molecule has 0 amide bonds. The van der Waals surface area contributed by atoms with Crippen LogP contribution in [-0.2, 0) is 17.9 Å². The van der Waals surface area contributed by atoms with Gasteiger partial charge in [-0.3, -0.25) is 4.90 Å². The van der Waals surface area contributed by atoms with Crippen molar-refractivity contribution in [2.45, 2.75) is 45.1 Å². The Bertz CT molecular complexity index is 608. The van der Waals surface area contributed by atoms with Crippen LogP contribution in [0, 0.1) is 0 Å². The molecule has 22 heavy (non-hydrogen) atoms. The van der Waals surface area contributed by atoms with Crippen molar-refractivity contribution in [2.24, 2.45) is 0 Å². The molecule has 0 bridgehead atoms. The fourth-order valence-corrected chi connectivity index (χ4v) is 3.78. The van der Waals surface area contributed by atoms with Crippen molar-refractivity contribution in [1.82, 2.24) is 9.88 Å². The fourth-order valence-electron chi connectivity index (χ4n) is 2.90. The highest BCUT2D eigenvalue weighted by Gasteiger charge is 2.29. The van der Waals surface area contributed by atoms with Crippen molar-refractivity contribution in [3.8, 4) is 0 Å². The molecule has 3 heterocycles. The topological polar surface area (TPSA) is 58.7 Å². The lowest BCUT2D eigenvalue weighted by Crippen LogP contribution is -2.22. The normalized spacial score (nSPS) is 20.6. The van der Waals surface area contributed by atoms with E-state index in [2.05, 4.69) is 16.0 Å². The number of aliphatic hydroxyl groups is 1. The molecule has 6 heteroatoms. The van der Waals surface area contributed by atoms with E-state index in [-0.39, 0.29) is 0 Å². The maximum absolute atomic E-state index is 9.61. The highest BCUT2D eigenvalue weighted by molar-refractivity contribution is 7.11. The highest BCUT2D eigenvalue weighted by Crippen LogP contribution is 2.35. The van der Waals surface area contributed by atoms with E-state index >= 15 is 0 Å². The molecule has 0 unspecified atom stereocenters. The summed E-state index contributed by atoms with van der Waals surface area (Å²) in [6.07, 6.45) is 3.61. The zero-order valence-corrected chi connectivity index (χ0v) is 13.8. The van der Waals surface area contributed by atoms with E-state index in [9.17, 15) is 5.11 Å². The van der Waals surface area contributed by atoms with Crippen molar-refractivity contribution in [1.29, 1.82) is 0 Å². The maximum Gasteiger partial charge on any atom is 0.129 e. The molecule has 120 valence electrons. The summed E-state index contributed by atoms with van der Waals surface area (Å²) in [6.45, 7) is 4.14. The zero-order chi connectivity index (χ0) is 15.5. The van der Waals surface area contributed by atoms with Gasteiger partial charge in [0.1, 0.15) is 23.1 Å². The molecule has 0 aliphatic carbocycles. The van der Waals surface area contributed by atoms with Crippen molar-refractivity contribution < 1.29 is 14.3 Å². The van der Waals surface area contributed by atoms with Gasteiger partial charge in [0, 0.05) is 13.3 Å². The Morgan fingerprint density at radius 3 is 3.14 bits per heavy atom. The van der Waals surface area contributed by atoms with Crippen LogP contribution in [0.5, 0.6) is 0 Å². The van der Waals surface area contributed by atoms with E-state index in [4.69, 9.17) is 9.15 Å². The molecule has 2 aromatic heterocycles. The van der Waals surface area contributed by atoms with Crippen LogP contribution in [0.1, 0.15) is 53.3 Å². The molecule has 0 saturated carbocycles. The van der Waals surface area contributed by atoms with Crippen molar-refractivity contribution >= 4 is 11.3 Å². The third-order valence-corrected chi connectivity index (χ3v) is 5.14. The number of methoxy groups -OCH3 is 1. The standard InChI is InChI=1S/C16H22N2O3S/c1-11(19)15-8-17-16(22-15)9-18-7-3-4-13(18)14-6-5-12(21-14)10-20-2/h5-6,8,11,13,19H,3-4,7,9-10H2,1-2H3/t11-,13-/m0/s1. The SMILES string of the molecule is COCc1ccc([C@@H]2CCCN2Cc2ncc([C@H](C)O)s2)o1. The monoisotopic (exact) mass is 322 g/mol. The summed E-state index contributed by atoms with van der Waals surface area (Å²) in [5.74, 6) is 1.88. The van der Waals surface area contributed by atoms with Crippen LogP contribution in [0.3, 0.4) is 0 Å². The van der Waals surface area contributed by atoms with Crippen LogP contribution < -0.4 is 0 Å². The van der Waals surface area contributed by atoms with E-state index in [1.807, 2.05) is 6.07 Å². The molecule has 1 saturated heterocycles. The van der Waals surface area contributed by atoms with Crippen LogP contribution in [0.25, 0.3) is 0 Å². The largest absolute Gasteiger partial charge is 0.462 e. The molecular weight excluding hydrogens is 300 g/mol. The molecule has 1 aliphatic rings. The van der Waals surface area contributed by atoms with E-state index in [0.717, 1.165) is 40.9 Å². The Morgan fingerprint density at radius 1 is 1.55 bits per heavy atom. The predicted octanol–water partition coefficient (Wildman–Crippen LogP) is 3.27. The molecule has 2 aromatic rings. The van der Waals surface area contributed by atoms with Crippen LogP contribution >= 0.6 is 11.3 Å². The molecule has 0 aromatic carbocycles. The number of rotatable bonds is 6. The molecule has 1 N–H and O–H groups in total. The lowest BCUT2D eigenvalue weighted by molar-refractivity contribution is 0.155. The second kappa shape index (κ2) is 6.91. The minimum Gasteiger partial charge on any atom is -0.462 e. The Labute approximate surface area is 134 Å². The fraction of sp³-hybridized carbons (Fsp3) is 0.562. The minimum atomic E-state index is -0.442. The summed E-state index contributed by atoms with van der Waals surface area (Å²) in [4.78, 5) is 7.76. The average molecular weight is 322 g/mol. The lowest BCUT2D eigenvalue weighted by atomic mass is 10.2. The molecule has 0 spiro atoms. The third-order valence-electron chi connectivity index (χ3n) is 3.98. The van der Waals surface area contributed by atoms with Gasteiger partial charge in [0.15, 0.2) is 0 Å². The quantitative estimate of drug-likeness (QED) is 0.884. The summed E-state index contributed by atoms with van der Waals surface area (Å²) in [6, 6.07) is 4.36. The first kappa shape index (κ1) is 15.7. The van der Waals surface area contributed by atoms with Gasteiger partial charge in [0.05, 0.1) is 23.6 Å². The van der Waals surface area contributed by atoms with Crippen LogP contribution in [0.4, 0.5) is 0 Å². The number of ether oxygens (including phenoxy) is 1. The van der Waals surface area contributed by atoms with Crippen molar-refractivity contribution in [2.75, 3.05) is 13.7 Å². The van der Waals surface area contributed by atoms with Gasteiger partial charge in [-0.1, -0.05) is 0 Å². The molecule has 3 rings (SSSR count). The van der Waals surface area contributed by atoms with Gasteiger partial charge < -0.3 is 14.3 Å². The van der Waals surface area contributed by atoms with Gasteiger partial charge in [-0.2, -0.15) is 0 Å². The van der Waals surface area contributed by atoms with Crippen molar-refractivity contribution in [3.05, 3.63) is 39.7 Å². The van der Waals surface area contributed by atoms with E-state index in [1.165, 1.54) is 6.42 Å². The van der Waals surface area contributed by atoms with E-state index < -0.39 is 6.10 Å². The minimum absolute atomic E-state index is 0.310. The first-order valence-corrected chi connectivity index (χ1v) is 8.43. The Balaban J connectivity index is 1.69. The van der Waals surface area contributed by atoms with E-state index in [1.54, 1.807) is 31.6 Å². The molecule has 5 nitrogen and oxygen atoms in total. The van der Waals surface area contributed by atoms with Gasteiger partial charge in [0.25, 0.3) is 0 Å². The third kappa shape index (κ3) is 3.41. The highest BCUT2D eigenvalue weighted by atomic mass is 32.1. The smallest absolute Gasteiger partial charge is 0.129 e.